The number of allylic oxidation sites excluding steroid dienone is 1. The predicted octanol–water partition coefficient (Wildman–Crippen LogP) is 4.23. The molecular formula is C28H30N2O5. The summed E-state index contributed by atoms with van der Waals surface area (Å²) in [6.45, 7) is 0.184. The Kier molecular flexibility index (Phi) is 6.57. The van der Waals surface area contributed by atoms with Crippen molar-refractivity contribution in [3.63, 3.8) is 0 Å². The van der Waals surface area contributed by atoms with Gasteiger partial charge in [-0.1, -0.05) is 73.5 Å². The first-order valence-corrected chi connectivity index (χ1v) is 12.3. The van der Waals surface area contributed by atoms with Gasteiger partial charge in [-0.25, -0.2) is 4.79 Å². The summed E-state index contributed by atoms with van der Waals surface area (Å²) in [5.74, 6) is -1.31. The first kappa shape index (κ1) is 23.1. The van der Waals surface area contributed by atoms with Crippen LogP contribution in [0.25, 0.3) is 11.1 Å². The summed E-state index contributed by atoms with van der Waals surface area (Å²) in [7, 11) is 0. The van der Waals surface area contributed by atoms with Crippen molar-refractivity contribution >= 4 is 18.0 Å². The highest BCUT2D eigenvalue weighted by Crippen LogP contribution is 2.44. The van der Waals surface area contributed by atoms with E-state index in [-0.39, 0.29) is 24.5 Å². The van der Waals surface area contributed by atoms with Crippen molar-refractivity contribution in [1.82, 2.24) is 10.6 Å². The molecule has 0 heterocycles. The van der Waals surface area contributed by atoms with Gasteiger partial charge in [0, 0.05) is 12.0 Å². The Labute approximate surface area is 204 Å². The summed E-state index contributed by atoms with van der Waals surface area (Å²) in [6, 6.07) is 15.2. The molecule has 3 aliphatic carbocycles. The number of benzene rings is 2. The van der Waals surface area contributed by atoms with Crippen LogP contribution in [0, 0.1) is 11.8 Å². The number of carbonyl (C=O) groups excluding carboxylic acids is 2. The number of nitrogens with one attached hydrogen (secondary N) is 2. The lowest BCUT2D eigenvalue weighted by molar-refractivity contribution is -0.142. The van der Waals surface area contributed by atoms with Crippen LogP contribution in [0.3, 0.4) is 0 Å². The molecule has 2 aromatic carbocycles. The maximum atomic E-state index is 13.0. The maximum Gasteiger partial charge on any atom is 0.407 e. The smallest absolute Gasteiger partial charge is 0.407 e. The van der Waals surface area contributed by atoms with Gasteiger partial charge < -0.3 is 20.5 Å². The van der Waals surface area contributed by atoms with Gasteiger partial charge in [-0.3, -0.25) is 9.59 Å². The van der Waals surface area contributed by atoms with E-state index in [1.807, 2.05) is 30.3 Å². The standard InChI is InChI=1S/C28H30N2O5/c31-26(29-19-7-5-6-18(15-19)27(32)33)25(14-17-12-13-17)30-28(34)35-16-24-22-10-3-1-8-20(22)21-9-2-4-11-23(21)24/h1-5,7-11,17-19,24-25H,6,12-16H2,(H,29,31)(H,30,34)(H,32,33). The van der Waals surface area contributed by atoms with Crippen LogP contribution in [0.15, 0.2) is 60.7 Å². The minimum absolute atomic E-state index is 0.0517. The van der Waals surface area contributed by atoms with Gasteiger partial charge in [-0.2, -0.15) is 0 Å². The number of carboxylic acids is 1. The van der Waals surface area contributed by atoms with Gasteiger partial charge in [0.2, 0.25) is 5.91 Å². The molecule has 35 heavy (non-hydrogen) atoms. The molecule has 1 saturated carbocycles. The quantitative estimate of drug-likeness (QED) is 0.497. The lowest BCUT2D eigenvalue weighted by atomic mass is 9.91. The summed E-state index contributed by atoms with van der Waals surface area (Å²) < 4.78 is 5.64. The molecule has 0 aliphatic heterocycles. The lowest BCUT2D eigenvalue weighted by Gasteiger charge is -2.26. The zero-order valence-electron chi connectivity index (χ0n) is 19.5. The van der Waals surface area contributed by atoms with Crippen molar-refractivity contribution in [3.8, 4) is 11.1 Å². The van der Waals surface area contributed by atoms with Crippen LogP contribution in [0.4, 0.5) is 4.79 Å². The van der Waals surface area contributed by atoms with Crippen molar-refractivity contribution in [1.29, 1.82) is 0 Å². The molecule has 7 nitrogen and oxygen atoms in total. The van der Waals surface area contributed by atoms with Crippen molar-refractivity contribution in [2.24, 2.45) is 11.8 Å². The number of hydrogen-bond donors (Lipinski definition) is 3. The van der Waals surface area contributed by atoms with Crippen LogP contribution in [0.1, 0.15) is 49.1 Å². The van der Waals surface area contributed by atoms with E-state index >= 15 is 0 Å². The molecule has 2 amide bonds. The summed E-state index contributed by atoms with van der Waals surface area (Å²) in [6.07, 6.45) is 6.45. The molecule has 0 bridgehead atoms. The summed E-state index contributed by atoms with van der Waals surface area (Å²) in [4.78, 5) is 37.1. The molecule has 5 rings (SSSR count). The fraction of sp³-hybridized carbons (Fsp3) is 0.393. The minimum atomic E-state index is -0.861. The van der Waals surface area contributed by atoms with Gasteiger partial charge in [0.15, 0.2) is 0 Å². The molecule has 1 fully saturated rings. The Hall–Kier alpha value is -3.61. The lowest BCUT2D eigenvalue weighted by Crippen LogP contribution is -2.50. The number of carboxylic acid groups (broad SMARTS) is 1. The van der Waals surface area contributed by atoms with Gasteiger partial charge >= 0.3 is 12.1 Å². The topological polar surface area (TPSA) is 105 Å². The fourth-order valence-electron chi connectivity index (χ4n) is 5.18. The molecular weight excluding hydrogens is 444 g/mol. The molecule has 7 heteroatoms. The highest BCUT2D eigenvalue weighted by Gasteiger charge is 2.34. The number of hydrogen-bond acceptors (Lipinski definition) is 4. The van der Waals surface area contributed by atoms with E-state index in [9.17, 15) is 19.5 Å². The SMILES string of the molecule is O=C(NC(CC1CC1)C(=O)NC1C=CCC(C(=O)O)C1)OCC1c2ccccc2-c2ccccc21. The second-order valence-corrected chi connectivity index (χ2v) is 9.75. The van der Waals surface area contributed by atoms with E-state index < -0.39 is 24.0 Å². The first-order chi connectivity index (χ1) is 17.0. The number of aliphatic carboxylic acids is 1. The molecule has 2 aromatic rings. The third-order valence-corrected chi connectivity index (χ3v) is 7.22. The van der Waals surface area contributed by atoms with Crippen molar-refractivity contribution in [2.75, 3.05) is 6.61 Å². The second-order valence-electron chi connectivity index (χ2n) is 9.75. The Bertz CT molecular complexity index is 1110. The summed E-state index contributed by atoms with van der Waals surface area (Å²) in [5.41, 5.74) is 4.57. The minimum Gasteiger partial charge on any atom is -0.481 e. The zero-order chi connectivity index (χ0) is 24.4. The number of alkyl carbamates (subject to hydrolysis) is 1. The predicted molar refractivity (Wildman–Crippen MR) is 131 cm³/mol. The number of rotatable bonds is 8. The van der Waals surface area contributed by atoms with Crippen LogP contribution in [-0.4, -0.2) is 41.8 Å². The summed E-state index contributed by atoms with van der Waals surface area (Å²) >= 11 is 0. The Morgan fingerprint density at radius 2 is 1.66 bits per heavy atom. The van der Waals surface area contributed by atoms with Gasteiger partial charge in [0.25, 0.3) is 0 Å². The molecule has 3 unspecified atom stereocenters. The normalized spacial score (nSPS) is 21.5. The van der Waals surface area contributed by atoms with E-state index in [1.165, 1.54) is 0 Å². The van der Waals surface area contributed by atoms with Gasteiger partial charge in [-0.15, -0.1) is 0 Å². The Morgan fingerprint density at radius 1 is 1.00 bits per heavy atom. The van der Waals surface area contributed by atoms with Gasteiger partial charge in [0.1, 0.15) is 12.6 Å². The van der Waals surface area contributed by atoms with Crippen molar-refractivity contribution < 1.29 is 24.2 Å². The molecule has 0 radical (unpaired) electrons. The van der Waals surface area contributed by atoms with Crippen LogP contribution < -0.4 is 10.6 Å². The molecule has 182 valence electrons. The van der Waals surface area contributed by atoms with E-state index in [2.05, 4.69) is 34.9 Å². The first-order valence-electron chi connectivity index (χ1n) is 12.3. The highest BCUT2D eigenvalue weighted by molar-refractivity contribution is 5.86. The average Bonchev–Trinajstić information content (AvgIpc) is 3.63. The number of carbonyl (C=O) groups is 3. The monoisotopic (exact) mass is 474 g/mol. The molecule has 0 spiro atoms. The number of fused-ring (bicyclic) bond motifs is 3. The maximum absolute atomic E-state index is 13.0. The van der Waals surface area contributed by atoms with Crippen LogP contribution >= 0.6 is 0 Å². The molecule has 0 saturated heterocycles. The van der Waals surface area contributed by atoms with Crippen LogP contribution in [-0.2, 0) is 14.3 Å². The van der Waals surface area contributed by atoms with Crippen molar-refractivity contribution in [2.45, 2.75) is 50.1 Å². The summed E-state index contributed by atoms with van der Waals surface area (Å²) in [5, 5.41) is 15.0. The Morgan fingerprint density at radius 3 is 2.29 bits per heavy atom. The molecule has 0 aromatic heterocycles. The second kappa shape index (κ2) is 9.94. The van der Waals surface area contributed by atoms with Gasteiger partial charge in [-0.05, 0) is 47.4 Å². The largest absolute Gasteiger partial charge is 0.481 e. The third kappa shape index (κ3) is 5.24. The third-order valence-electron chi connectivity index (χ3n) is 7.22. The molecule has 3 aliphatic rings. The fourth-order valence-corrected chi connectivity index (χ4v) is 5.18. The van der Waals surface area contributed by atoms with Crippen molar-refractivity contribution in [3.05, 3.63) is 71.8 Å². The average molecular weight is 475 g/mol. The van der Waals surface area contributed by atoms with E-state index in [4.69, 9.17) is 4.74 Å². The zero-order valence-corrected chi connectivity index (χ0v) is 19.5. The number of amides is 2. The molecule has 3 atom stereocenters. The number of ether oxygens (including phenoxy) is 1. The van der Waals surface area contributed by atoms with E-state index in [0.717, 1.165) is 35.1 Å². The van der Waals surface area contributed by atoms with Gasteiger partial charge in [0.05, 0.1) is 5.92 Å². The highest BCUT2D eigenvalue weighted by atomic mass is 16.5. The molecule has 3 N–H and O–H groups in total. The Balaban J connectivity index is 1.21. The van der Waals surface area contributed by atoms with Crippen LogP contribution in [0.5, 0.6) is 0 Å². The van der Waals surface area contributed by atoms with E-state index in [1.54, 1.807) is 6.08 Å². The van der Waals surface area contributed by atoms with Crippen LogP contribution in [0.2, 0.25) is 0 Å². The van der Waals surface area contributed by atoms with E-state index in [0.29, 0.717) is 25.2 Å².